The fraction of sp³-hybridized carbons (Fsp3) is 0.533. The molecule has 0 saturated carbocycles. The lowest BCUT2D eigenvalue weighted by atomic mass is 10.0. The lowest BCUT2D eigenvalue weighted by Crippen LogP contribution is -2.23. The van der Waals surface area contributed by atoms with Crippen LogP contribution in [0.15, 0.2) is 30.3 Å². The topological polar surface area (TPSA) is 49.8 Å². The highest BCUT2D eigenvalue weighted by atomic mass is 16.6. The van der Waals surface area contributed by atoms with E-state index in [4.69, 9.17) is 9.84 Å². The third-order valence-corrected chi connectivity index (χ3v) is 3.52. The lowest BCUT2D eigenvalue weighted by Gasteiger charge is -2.06. The molecular weight excluding hydrogens is 228 g/mol. The predicted molar refractivity (Wildman–Crippen MR) is 69.5 cm³/mol. The van der Waals surface area contributed by atoms with Crippen molar-refractivity contribution in [1.29, 1.82) is 0 Å². The molecule has 0 spiro atoms. The van der Waals surface area contributed by atoms with Gasteiger partial charge in [0.1, 0.15) is 0 Å². The maximum Gasteiger partial charge on any atom is 0.338 e. The molecule has 98 valence electrons. The number of rotatable bonds is 8. The van der Waals surface area contributed by atoms with Gasteiger partial charge in [0.25, 0.3) is 0 Å². The van der Waals surface area contributed by atoms with Gasteiger partial charge in [-0.05, 0) is 31.2 Å². The molecule has 1 unspecified atom stereocenters. The quantitative estimate of drug-likeness (QED) is 0.568. The second kappa shape index (κ2) is 6.01. The van der Waals surface area contributed by atoms with Crippen LogP contribution in [-0.2, 0) is 16.0 Å². The highest BCUT2D eigenvalue weighted by molar-refractivity contribution is 5.80. The van der Waals surface area contributed by atoms with E-state index < -0.39 is 11.6 Å². The Morgan fingerprint density at radius 3 is 2.44 bits per heavy atom. The molecule has 1 aliphatic heterocycles. The first-order chi connectivity index (χ1) is 8.73. The van der Waals surface area contributed by atoms with E-state index >= 15 is 0 Å². The average Bonchev–Trinajstić information content (AvgIpc) is 3.16. The highest BCUT2D eigenvalue weighted by Gasteiger charge is 2.51. The minimum Gasteiger partial charge on any atom is -0.479 e. The summed E-state index contributed by atoms with van der Waals surface area (Å²) in [5.74, 6) is -0.799. The second-order valence-corrected chi connectivity index (χ2v) is 4.99. The number of hydrogen-bond acceptors (Lipinski definition) is 2. The summed E-state index contributed by atoms with van der Waals surface area (Å²) in [7, 11) is 0. The Labute approximate surface area is 108 Å². The van der Waals surface area contributed by atoms with E-state index in [1.807, 2.05) is 6.07 Å². The third kappa shape index (κ3) is 3.57. The lowest BCUT2D eigenvalue weighted by molar-refractivity contribution is -0.143. The van der Waals surface area contributed by atoms with Crippen LogP contribution in [-0.4, -0.2) is 23.3 Å². The fourth-order valence-corrected chi connectivity index (χ4v) is 2.20. The zero-order chi connectivity index (χ0) is 12.8. The van der Waals surface area contributed by atoms with Crippen molar-refractivity contribution in [1.82, 2.24) is 0 Å². The minimum atomic E-state index is -0.820. The Balaban J connectivity index is 1.53. The smallest absolute Gasteiger partial charge is 0.338 e. The van der Waals surface area contributed by atoms with Crippen LogP contribution in [0.4, 0.5) is 0 Å². The first kappa shape index (κ1) is 13.1. The Morgan fingerprint density at radius 2 is 1.83 bits per heavy atom. The van der Waals surface area contributed by atoms with E-state index in [0.29, 0.717) is 13.0 Å². The van der Waals surface area contributed by atoms with Crippen LogP contribution in [0.1, 0.15) is 37.7 Å². The van der Waals surface area contributed by atoms with Gasteiger partial charge in [-0.2, -0.15) is 0 Å². The van der Waals surface area contributed by atoms with Crippen molar-refractivity contribution in [3.63, 3.8) is 0 Å². The Morgan fingerprint density at radius 1 is 1.17 bits per heavy atom. The van der Waals surface area contributed by atoms with E-state index in [1.54, 1.807) is 0 Å². The third-order valence-electron chi connectivity index (χ3n) is 3.52. The summed E-state index contributed by atoms with van der Waals surface area (Å²) in [6.45, 7) is 0.395. The van der Waals surface area contributed by atoms with E-state index in [1.165, 1.54) is 12.0 Å². The largest absolute Gasteiger partial charge is 0.479 e. The molecule has 0 bridgehead atoms. The zero-order valence-corrected chi connectivity index (χ0v) is 10.6. The first-order valence-electron chi connectivity index (χ1n) is 6.64. The molecule has 1 aromatic carbocycles. The zero-order valence-electron chi connectivity index (χ0n) is 10.6. The molecule has 0 aliphatic carbocycles. The molecule has 1 saturated heterocycles. The first-order valence-corrected chi connectivity index (χ1v) is 6.64. The van der Waals surface area contributed by atoms with Gasteiger partial charge in [0.2, 0.25) is 0 Å². The summed E-state index contributed by atoms with van der Waals surface area (Å²) in [6.07, 6.45) is 6.14. The molecule has 1 N–H and O–H groups in total. The fourth-order valence-electron chi connectivity index (χ4n) is 2.20. The standard InChI is InChI=1S/C15H20O3/c16-14(17)15(12-18-15)11-7-2-1-4-8-13-9-5-3-6-10-13/h3,5-6,9-10H,1-2,4,7-8,11-12H2,(H,16,17). The number of hydrogen-bond donors (Lipinski definition) is 1. The van der Waals surface area contributed by atoms with Gasteiger partial charge in [-0.25, -0.2) is 4.79 Å². The molecule has 1 heterocycles. The molecule has 1 aromatic rings. The number of carbonyl (C=O) groups is 1. The second-order valence-electron chi connectivity index (χ2n) is 4.99. The van der Waals surface area contributed by atoms with Crippen LogP contribution in [0, 0.1) is 0 Å². The number of unbranched alkanes of at least 4 members (excludes halogenated alkanes) is 3. The maximum absolute atomic E-state index is 10.9. The Hall–Kier alpha value is -1.35. The number of benzene rings is 1. The van der Waals surface area contributed by atoms with Crippen LogP contribution < -0.4 is 0 Å². The summed E-state index contributed by atoms with van der Waals surface area (Å²) in [6, 6.07) is 10.5. The van der Waals surface area contributed by atoms with Gasteiger partial charge in [0.05, 0.1) is 6.61 Å². The minimum absolute atomic E-state index is 0.395. The summed E-state index contributed by atoms with van der Waals surface area (Å²) < 4.78 is 5.03. The van der Waals surface area contributed by atoms with Gasteiger partial charge in [-0.3, -0.25) is 0 Å². The molecule has 3 heteroatoms. The molecule has 3 nitrogen and oxygen atoms in total. The van der Waals surface area contributed by atoms with Crippen LogP contribution in [0.25, 0.3) is 0 Å². The molecule has 0 amide bonds. The Kier molecular flexibility index (Phi) is 4.37. The van der Waals surface area contributed by atoms with Crippen molar-refractivity contribution >= 4 is 5.97 Å². The number of carboxylic acids is 1. The summed E-state index contributed by atoms with van der Waals surface area (Å²) in [5, 5.41) is 8.93. The van der Waals surface area contributed by atoms with Crippen LogP contribution in [0.3, 0.4) is 0 Å². The van der Waals surface area contributed by atoms with E-state index in [2.05, 4.69) is 24.3 Å². The number of aliphatic carboxylic acids is 1. The normalized spacial score (nSPS) is 21.8. The van der Waals surface area contributed by atoms with E-state index in [-0.39, 0.29) is 0 Å². The van der Waals surface area contributed by atoms with Crippen LogP contribution in [0.2, 0.25) is 0 Å². The molecule has 1 aliphatic rings. The monoisotopic (exact) mass is 248 g/mol. The highest BCUT2D eigenvalue weighted by Crippen LogP contribution is 2.33. The van der Waals surface area contributed by atoms with Crippen molar-refractivity contribution in [2.24, 2.45) is 0 Å². The number of aryl methyl sites for hydroxylation is 1. The molecule has 2 rings (SSSR count). The summed E-state index contributed by atoms with van der Waals surface area (Å²) in [4.78, 5) is 10.9. The number of ether oxygens (including phenoxy) is 1. The van der Waals surface area contributed by atoms with Gasteiger partial charge in [-0.1, -0.05) is 43.2 Å². The van der Waals surface area contributed by atoms with E-state index in [0.717, 1.165) is 25.7 Å². The number of epoxide rings is 1. The van der Waals surface area contributed by atoms with Gasteiger partial charge >= 0.3 is 5.97 Å². The van der Waals surface area contributed by atoms with Crippen LogP contribution >= 0.6 is 0 Å². The van der Waals surface area contributed by atoms with Gasteiger partial charge in [-0.15, -0.1) is 0 Å². The van der Waals surface area contributed by atoms with Gasteiger partial charge in [0, 0.05) is 0 Å². The summed E-state index contributed by atoms with van der Waals surface area (Å²) >= 11 is 0. The molecule has 0 aromatic heterocycles. The molecule has 0 radical (unpaired) electrons. The summed E-state index contributed by atoms with van der Waals surface area (Å²) in [5.41, 5.74) is 0.560. The van der Waals surface area contributed by atoms with Crippen molar-refractivity contribution in [2.75, 3.05) is 6.61 Å². The molecule has 18 heavy (non-hydrogen) atoms. The predicted octanol–water partition coefficient (Wildman–Crippen LogP) is 3.03. The van der Waals surface area contributed by atoms with E-state index in [9.17, 15) is 4.79 Å². The maximum atomic E-state index is 10.9. The van der Waals surface area contributed by atoms with Crippen molar-refractivity contribution < 1.29 is 14.6 Å². The average molecular weight is 248 g/mol. The number of carboxylic acid groups (broad SMARTS) is 1. The van der Waals surface area contributed by atoms with Crippen LogP contribution in [0.5, 0.6) is 0 Å². The molecule has 1 atom stereocenters. The Bertz CT molecular complexity index is 382. The van der Waals surface area contributed by atoms with Crippen molar-refractivity contribution in [3.05, 3.63) is 35.9 Å². The SMILES string of the molecule is O=C(O)C1(CCCCCCc2ccccc2)CO1. The van der Waals surface area contributed by atoms with Crippen molar-refractivity contribution in [2.45, 2.75) is 44.1 Å². The molecule has 1 fully saturated rings. The van der Waals surface area contributed by atoms with Crippen molar-refractivity contribution in [3.8, 4) is 0 Å². The van der Waals surface area contributed by atoms with Gasteiger partial charge in [0.15, 0.2) is 5.60 Å². The molecular formula is C15H20O3. The van der Waals surface area contributed by atoms with Gasteiger partial charge < -0.3 is 9.84 Å².